The molecule has 0 aliphatic carbocycles. The highest BCUT2D eigenvalue weighted by Gasteiger charge is 2.28. The van der Waals surface area contributed by atoms with Crippen LogP contribution in [0.5, 0.6) is 5.75 Å². The molecule has 1 aromatic carbocycles. The second-order valence-corrected chi connectivity index (χ2v) is 6.73. The van der Waals surface area contributed by atoms with Crippen LogP contribution in [0.1, 0.15) is 45.3 Å². The second-order valence-electron chi connectivity index (χ2n) is 6.73. The molecule has 2 heterocycles. The van der Waals surface area contributed by atoms with Gasteiger partial charge in [-0.1, -0.05) is 0 Å². The average Bonchev–Trinajstić information content (AvgIpc) is 2.87. The van der Waals surface area contributed by atoms with Crippen LogP contribution in [0.2, 0.25) is 0 Å². The molecule has 0 fully saturated rings. The van der Waals surface area contributed by atoms with Crippen LogP contribution in [-0.4, -0.2) is 21.2 Å². The second kappa shape index (κ2) is 4.79. The highest BCUT2D eigenvalue weighted by Crippen LogP contribution is 2.36. The molecule has 4 heteroatoms. The standard InChI is InChI=1S/C17H21NO3/c1-17(2,3)21-16(20)9-13-6-5-12-8-11-4-7-14(19)10-15(11)18(12)13/h4,7-8,10,13,19H,5-6,9H2,1-3H3. The summed E-state index contributed by atoms with van der Waals surface area (Å²) in [7, 11) is 0. The van der Waals surface area contributed by atoms with Crippen molar-refractivity contribution in [3.05, 3.63) is 30.0 Å². The summed E-state index contributed by atoms with van der Waals surface area (Å²) in [5.74, 6) is 0.0914. The van der Waals surface area contributed by atoms with Gasteiger partial charge in [0.2, 0.25) is 0 Å². The minimum Gasteiger partial charge on any atom is -0.508 e. The highest BCUT2D eigenvalue weighted by atomic mass is 16.6. The number of benzene rings is 1. The van der Waals surface area contributed by atoms with E-state index < -0.39 is 5.60 Å². The Balaban J connectivity index is 1.87. The molecule has 1 N–H and O–H groups in total. The molecule has 0 saturated carbocycles. The number of fused-ring (bicyclic) bond motifs is 3. The van der Waals surface area contributed by atoms with Gasteiger partial charge in [0, 0.05) is 23.2 Å². The lowest BCUT2D eigenvalue weighted by molar-refractivity contribution is -0.155. The van der Waals surface area contributed by atoms with Gasteiger partial charge in [0.1, 0.15) is 11.4 Å². The maximum absolute atomic E-state index is 12.1. The van der Waals surface area contributed by atoms with Crippen LogP contribution in [0.15, 0.2) is 24.3 Å². The summed E-state index contributed by atoms with van der Waals surface area (Å²) in [6.45, 7) is 5.65. The number of nitrogens with zero attached hydrogens (tertiary/aromatic N) is 1. The zero-order valence-corrected chi connectivity index (χ0v) is 12.7. The van der Waals surface area contributed by atoms with Crippen LogP contribution in [0.3, 0.4) is 0 Å². The van der Waals surface area contributed by atoms with E-state index in [4.69, 9.17) is 4.74 Å². The molecule has 2 aromatic rings. The molecule has 1 aromatic heterocycles. The van der Waals surface area contributed by atoms with Gasteiger partial charge in [-0.25, -0.2) is 0 Å². The van der Waals surface area contributed by atoms with Crippen molar-refractivity contribution in [3.8, 4) is 5.75 Å². The third-order valence-corrected chi connectivity index (χ3v) is 3.83. The molecule has 0 radical (unpaired) electrons. The number of phenols is 1. The summed E-state index contributed by atoms with van der Waals surface area (Å²) in [5.41, 5.74) is 1.77. The molecule has 1 aliphatic heterocycles. The van der Waals surface area contributed by atoms with E-state index in [9.17, 15) is 9.90 Å². The average molecular weight is 287 g/mol. The van der Waals surface area contributed by atoms with Crippen LogP contribution in [0.25, 0.3) is 10.9 Å². The Labute approximate surface area is 124 Å². The van der Waals surface area contributed by atoms with Gasteiger partial charge in [0.25, 0.3) is 0 Å². The Bertz CT molecular complexity index is 694. The highest BCUT2D eigenvalue weighted by molar-refractivity contribution is 5.83. The van der Waals surface area contributed by atoms with E-state index >= 15 is 0 Å². The van der Waals surface area contributed by atoms with Gasteiger partial charge in [-0.2, -0.15) is 0 Å². The number of carbonyl (C=O) groups excluding carboxylic acids is 1. The van der Waals surface area contributed by atoms with Gasteiger partial charge < -0.3 is 14.4 Å². The largest absolute Gasteiger partial charge is 0.508 e. The number of carbonyl (C=O) groups is 1. The molecule has 1 atom stereocenters. The number of rotatable bonds is 2. The maximum atomic E-state index is 12.1. The predicted molar refractivity (Wildman–Crippen MR) is 81.4 cm³/mol. The van der Waals surface area contributed by atoms with Gasteiger partial charge in [0.15, 0.2) is 0 Å². The smallest absolute Gasteiger partial charge is 0.308 e. The van der Waals surface area contributed by atoms with Crippen molar-refractivity contribution in [1.82, 2.24) is 4.57 Å². The number of hydrogen-bond donors (Lipinski definition) is 1. The Morgan fingerprint density at radius 2 is 2.14 bits per heavy atom. The first kappa shape index (κ1) is 14.0. The summed E-state index contributed by atoms with van der Waals surface area (Å²) in [6.07, 6.45) is 2.28. The van der Waals surface area contributed by atoms with Crippen LogP contribution < -0.4 is 0 Å². The van der Waals surface area contributed by atoms with Gasteiger partial charge in [-0.15, -0.1) is 0 Å². The van der Waals surface area contributed by atoms with E-state index in [-0.39, 0.29) is 17.8 Å². The Kier molecular flexibility index (Phi) is 3.19. The molecular weight excluding hydrogens is 266 g/mol. The zero-order valence-electron chi connectivity index (χ0n) is 12.7. The normalized spacial score (nSPS) is 18.0. The molecule has 1 unspecified atom stereocenters. The van der Waals surface area contributed by atoms with E-state index in [1.54, 1.807) is 12.1 Å². The third-order valence-electron chi connectivity index (χ3n) is 3.83. The molecule has 0 amide bonds. The van der Waals surface area contributed by atoms with Crippen molar-refractivity contribution in [2.45, 2.75) is 51.7 Å². The zero-order chi connectivity index (χ0) is 15.2. The molecule has 112 valence electrons. The molecule has 0 bridgehead atoms. The van der Waals surface area contributed by atoms with Crippen molar-refractivity contribution in [3.63, 3.8) is 0 Å². The summed E-state index contributed by atoms with van der Waals surface area (Å²) >= 11 is 0. The van der Waals surface area contributed by atoms with E-state index in [0.29, 0.717) is 6.42 Å². The van der Waals surface area contributed by atoms with Gasteiger partial charge >= 0.3 is 5.97 Å². The van der Waals surface area contributed by atoms with Gasteiger partial charge in [-0.3, -0.25) is 4.79 Å². The van der Waals surface area contributed by atoms with Crippen molar-refractivity contribution in [2.75, 3.05) is 0 Å². The molecule has 3 rings (SSSR count). The molecule has 0 spiro atoms. The summed E-state index contributed by atoms with van der Waals surface area (Å²) in [5, 5.41) is 10.8. The lowest BCUT2D eigenvalue weighted by Gasteiger charge is -2.21. The number of hydrogen-bond acceptors (Lipinski definition) is 3. The summed E-state index contributed by atoms with van der Waals surface area (Å²) < 4.78 is 7.60. The van der Waals surface area contributed by atoms with Crippen LogP contribution in [-0.2, 0) is 16.0 Å². The fourth-order valence-corrected chi connectivity index (χ4v) is 3.10. The fraction of sp³-hybridized carbons (Fsp3) is 0.471. The van der Waals surface area contributed by atoms with Crippen LogP contribution in [0.4, 0.5) is 0 Å². The lowest BCUT2D eigenvalue weighted by Crippen LogP contribution is -2.25. The van der Waals surface area contributed by atoms with Crippen molar-refractivity contribution < 1.29 is 14.6 Å². The molecule has 1 aliphatic rings. The number of aryl methyl sites for hydroxylation is 1. The monoisotopic (exact) mass is 287 g/mol. The quantitative estimate of drug-likeness (QED) is 0.859. The first-order valence-corrected chi connectivity index (χ1v) is 7.38. The van der Waals surface area contributed by atoms with Crippen molar-refractivity contribution >= 4 is 16.9 Å². The van der Waals surface area contributed by atoms with E-state index in [1.807, 2.05) is 26.8 Å². The minimum absolute atomic E-state index is 0.120. The topological polar surface area (TPSA) is 51.5 Å². The number of ether oxygens (including phenoxy) is 1. The lowest BCUT2D eigenvalue weighted by atomic mass is 10.1. The maximum Gasteiger partial charge on any atom is 0.308 e. The predicted octanol–water partition coefficient (Wildman–Crippen LogP) is 3.57. The Hall–Kier alpha value is -1.97. The third kappa shape index (κ3) is 2.75. The fourth-order valence-electron chi connectivity index (χ4n) is 3.10. The number of phenolic OH excluding ortho intramolecular Hbond substituents is 1. The van der Waals surface area contributed by atoms with E-state index in [2.05, 4.69) is 10.6 Å². The summed E-state index contributed by atoms with van der Waals surface area (Å²) in [4.78, 5) is 12.1. The van der Waals surface area contributed by atoms with Crippen LogP contribution in [0, 0.1) is 0 Å². The van der Waals surface area contributed by atoms with E-state index in [1.165, 1.54) is 5.69 Å². The summed E-state index contributed by atoms with van der Waals surface area (Å²) in [6, 6.07) is 7.64. The first-order chi connectivity index (χ1) is 9.83. The van der Waals surface area contributed by atoms with Crippen LogP contribution >= 0.6 is 0 Å². The van der Waals surface area contributed by atoms with E-state index in [0.717, 1.165) is 23.7 Å². The van der Waals surface area contributed by atoms with Crippen molar-refractivity contribution in [2.24, 2.45) is 0 Å². The molecule has 4 nitrogen and oxygen atoms in total. The number of aromatic hydroxyl groups is 1. The molecular formula is C17H21NO3. The Morgan fingerprint density at radius 3 is 2.86 bits per heavy atom. The number of aromatic nitrogens is 1. The first-order valence-electron chi connectivity index (χ1n) is 7.38. The van der Waals surface area contributed by atoms with Crippen molar-refractivity contribution in [1.29, 1.82) is 0 Å². The van der Waals surface area contributed by atoms with Gasteiger partial charge in [-0.05, 0) is 51.8 Å². The number of esters is 1. The SMILES string of the molecule is CC(C)(C)OC(=O)CC1CCc2cc3ccc(O)cc3n21. The van der Waals surface area contributed by atoms with Gasteiger partial charge in [0.05, 0.1) is 11.9 Å². The Morgan fingerprint density at radius 1 is 1.38 bits per heavy atom. The molecule has 21 heavy (non-hydrogen) atoms. The molecule has 0 saturated heterocycles. The minimum atomic E-state index is -0.449.